The average molecular weight is 222 g/mol. The van der Waals surface area contributed by atoms with E-state index in [2.05, 4.69) is 15.5 Å². The van der Waals surface area contributed by atoms with Gasteiger partial charge in [0, 0.05) is 6.54 Å². The van der Waals surface area contributed by atoms with Crippen LogP contribution in [0.15, 0.2) is 0 Å². The lowest BCUT2D eigenvalue weighted by molar-refractivity contribution is -0.121. The minimum Gasteiger partial charge on any atom is -0.309 e. The van der Waals surface area contributed by atoms with E-state index in [-0.39, 0.29) is 11.9 Å². The second kappa shape index (κ2) is 4.25. The zero-order valence-electron chi connectivity index (χ0n) is 10.0. The fourth-order valence-corrected chi connectivity index (χ4v) is 2.31. The van der Waals surface area contributed by atoms with Crippen molar-refractivity contribution in [2.75, 3.05) is 18.5 Å². The van der Waals surface area contributed by atoms with Crippen molar-refractivity contribution in [3.05, 3.63) is 11.4 Å². The Morgan fingerprint density at radius 1 is 1.50 bits per heavy atom. The van der Waals surface area contributed by atoms with E-state index < -0.39 is 0 Å². The Balaban J connectivity index is 2.30. The normalized spacial score (nSPS) is 21.6. The maximum atomic E-state index is 12.2. The van der Waals surface area contributed by atoms with Gasteiger partial charge in [0.1, 0.15) is 0 Å². The van der Waals surface area contributed by atoms with E-state index in [0.717, 1.165) is 36.5 Å². The van der Waals surface area contributed by atoms with E-state index in [4.69, 9.17) is 0 Å². The number of amides is 1. The number of likely N-dealkylation sites (N-methyl/N-ethyl adjacent to an activating group) is 1. The van der Waals surface area contributed by atoms with Gasteiger partial charge in [0.05, 0.1) is 23.1 Å². The lowest BCUT2D eigenvalue weighted by Gasteiger charge is -2.32. The first kappa shape index (κ1) is 11.1. The number of anilines is 1. The van der Waals surface area contributed by atoms with Gasteiger partial charge in [-0.05, 0) is 33.7 Å². The van der Waals surface area contributed by atoms with Crippen LogP contribution in [0, 0.1) is 13.8 Å². The lowest BCUT2D eigenvalue weighted by atomic mass is 10.0. The molecule has 16 heavy (non-hydrogen) atoms. The van der Waals surface area contributed by atoms with E-state index >= 15 is 0 Å². The predicted molar refractivity (Wildman–Crippen MR) is 62.5 cm³/mol. The van der Waals surface area contributed by atoms with Gasteiger partial charge in [-0.15, -0.1) is 0 Å². The maximum absolute atomic E-state index is 12.2. The molecule has 1 aromatic rings. The monoisotopic (exact) mass is 222 g/mol. The molecule has 2 N–H and O–H groups in total. The Kier molecular flexibility index (Phi) is 2.96. The van der Waals surface area contributed by atoms with Gasteiger partial charge in [0.15, 0.2) is 0 Å². The molecule has 88 valence electrons. The van der Waals surface area contributed by atoms with Crippen molar-refractivity contribution in [1.82, 2.24) is 15.5 Å². The molecule has 0 bridgehead atoms. The highest BCUT2D eigenvalue weighted by molar-refractivity contribution is 5.98. The number of H-pyrrole nitrogens is 1. The predicted octanol–water partition coefficient (Wildman–Crippen LogP) is 0.741. The molecule has 1 aliphatic rings. The fourth-order valence-electron chi connectivity index (χ4n) is 2.31. The Morgan fingerprint density at radius 3 is 2.81 bits per heavy atom. The SMILES string of the molecule is CNC1CCCN(c2c(C)n[nH]c2C)C1=O. The maximum Gasteiger partial charge on any atom is 0.244 e. The van der Waals surface area contributed by atoms with Gasteiger partial charge in [-0.1, -0.05) is 0 Å². The number of hydrogen-bond acceptors (Lipinski definition) is 3. The topological polar surface area (TPSA) is 61.0 Å². The first-order valence-electron chi connectivity index (χ1n) is 5.65. The Morgan fingerprint density at radius 2 is 2.25 bits per heavy atom. The summed E-state index contributed by atoms with van der Waals surface area (Å²) >= 11 is 0. The average Bonchev–Trinajstić information content (AvgIpc) is 2.60. The molecule has 2 heterocycles. The zero-order chi connectivity index (χ0) is 11.7. The number of aromatic nitrogens is 2. The third kappa shape index (κ3) is 1.71. The van der Waals surface area contributed by atoms with E-state index in [1.165, 1.54) is 0 Å². The summed E-state index contributed by atoms with van der Waals surface area (Å²) in [4.78, 5) is 14.0. The van der Waals surface area contributed by atoms with Crippen LogP contribution in [0.1, 0.15) is 24.2 Å². The number of nitrogens with zero attached hydrogens (tertiary/aromatic N) is 2. The van der Waals surface area contributed by atoms with Crippen LogP contribution in [0.2, 0.25) is 0 Å². The Hall–Kier alpha value is -1.36. The third-order valence-electron chi connectivity index (χ3n) is 3.15. The van der Waals surface area contributed by atoms with Crippen LogP contribution in [0.25, 0.3) is 0 Å². The summed E-state index contributed by atoms with van der Waals surface area (Å²) in [6, 6.07) is -0.0533. The highest BCUT2D eigenvalue weighted by Gasteiger charge is 2.30. The smallest absolute Gasteiger partial charge is 0.244 e. The molecule has 5 heteroatoms. The molecule has 1 atom stereocenters. The number of aromatic amines is 1. The summed E-state index contributed by atoms with van der Waals surface area (Å²) in [6.45, 7) is 4.67. The van der Waals surface area contributed by atoms with Crippen molar-refractivity contribution >= 4 is 11.6 Å². The zero-order valence-corrected chi connectivity index (χ0v) is 10.0. The van der Waals surface area contributed by atoms with Gasteiger partial charge in [-0.3, -0.25) is 9.89 Å². The Labute approximate surface area is 95.2 Å². The summed E-state index contributed by atoms with van der Waals surface area (Å²) in [5.41, 5.74) is 2.80. The molecule has 0 saturated carbocycles. The van der Waals surface area contributed by atoms with Crippen LogP contribution < -0.4 is 10.2 Å². The number of nitrogens with one attached hydrogen (secondary N) is 2. The number of carbonyl (C=O) groups excluding carboxylic acids is 1. The molecular formula is C11H18N4O. The molecule has 1 saturated heterocycles. The van der Waals surface area contributed by atoms with Crippen LogP contribution in [0.3, 0.4) is 0 Å². The summed E-state index contributed by atoms with van der Waals surface area (Å²) in [6.07, 6.45) is 1.95. The summed E-state index contributed by atoms with van der Waals surface area (Å²) in [5, 5.41) is 10.1. The van der Waals surface area contributed by atoms with Gasteiger partial charge >= 0.3 is 0 Å². The Bertz CT molecular complexity index is 379. The van der Waals surface area contributed by atoms with Crippen LogP contribution in [-0.2, 0) is 4.79 Å². The third-order valence-corrected chi connectivity index (χ3v) is 3.15. The van der Waals surface area contributed by atoms with Crippen LogP contribution in [0.5, 0.6) is 0 Å². The van der Waals surface area contributed by atoms with Crippen LogP contribution in [0.4, 0.5) is 5.69 Å². The fraction of sp³-hybridized carbons (Fsp3) is 0.636. The number of rotatable bonds is 2. The highest BCUT2D eigenvalue weighted by Crippen LogP contribution is 2.26. The molecule has 0 radical (unpaired) electrons. The number of piperidine rings is 1. The highest BCUT2D eigenvalue weighted by atomic mass is 16.2. The molecule has 1 fully saturated rings. The molecular weight excluding hydrogens is 204 g/mol. The van der Waals surface area contributed by atoms with Gasteiger partial charge in [-0.25, -0.2) is 0 Å². The largest absolute Gasteiger partial charge is 0.309 e. The van der Waals surface area contributed by atoms with E-state index in [1.54, 1.807) is 0 Å². The number of carbonyl (C=O) groups is 1. The molecule has 1 unspecified atom stereocenters. The van der Waals surface area contributed by atoms with Crippen LogP contribution >= 0.6 is 0 Å². The summed E-state index contributed by atoms with van der Waals surface area (Å²) in [5.74, 6) is 0.154. The molecule has 1 aliphatic heterocycles. The summed E-state index contributed by atoms with van der Waals surface area (Å²) < 4.78 is 0. The molecule has 0 aliphatic carbocycles. The molecule has 2 rings (SSSR count). The summed E-state index contributed by atoms with van der Waals surface area (Å²) in [7, 11) is 1.83. The quantitative estimate of drug-likeness (QED) is 0.776. The second-order valence-electron chi connectivity index (χ2n) is 4.26. The number of hydrogen-bond donors (Lipinski definition) is 2. The van der Waals surface area contributed by atoms with Crippen molar-refractivity contribution in [3.63, 3.8) is 0 Å². The second-order valence-corrected chi connectivity index (χ2v) is 4.26. The van der Waals surface area contributed by atoms with Crippen molar-refractivity contribution in [3.8, 4) is 0 Å². The van der Waals surface area contributed by atoms with E-state index in [1.807, 2.05) is 25.8 Å². The molecule has 1 aromatic heterocycles. The van der Waals surface area contributed by atoms with Crippen LogP contribution in [-0.4, -0.2) is 35.7 Å². The standard InChI is InChI=1S/C11H18N4O/c1-7-10(8(2)14-13-7)15-6-4-5-9(12-3)11(15)16/h9,12H,4-6H2,1-3H3,(H,13,14). The molecule has 0 spiro atoms. The molecule has 0 aromatic carbocycles. The van der Waals surface area contributed by atoms with Gasteiger partial charge in [-0.2, -0.15) is 5.10 Å². The molecule has 5 nitrogen and oxygen atoms in total. The van der Waals surface area contributed by atoms with E-state index in [9.17, 15) is 4.79 Å². The first-order chi connectivity index (χ1) is 7.65. The van der Waals surface area contributed by atoms with Crippen molar-refractivity contribution < 1.29 is 4.79 Å². The minimum atomic E-state index is -0.0533. The first-order valence-corrected chi connectivity index (χ1v) is 5.65. The molecule has 1 amide bonds. The van der Waals surface area contributed by atoms with Crippen molar-refractivity contribution in [2.45, 2.75) is 32.7 Å². The van der Waals surface area contributed by atoms with Gasteiger partial charge < -0.3 is 10.2 Å². The van der Waals surface area contributed by atoms with E-state index in [0.29, 0.717) is 0 Å². The van der Waals surface area contributed by atoms with Crippen molar-refractivity contribution in [2.24, 2.45) is 0 Å². The number of aryl methyl sites for hydroxylation is 2. The minimum absolute atomic E-state index is 0.0533. The van der Waals surface area contributed by atoms with Crippen molar-refractivity contribution in [1.29, 1.82) is 0 Å². The van der Waals surface area contributed by atoms with Gasteiger partial charge in [0.25, 0.3) is 0 Å². The lowest BCUT2D eigenvalue weighted by Crippen LogP contribution is -2.50. The van der Waals surface area contributed by atoms with Gasteiger partial charge in [0.2, 0.25) is 5.91 Å².